The highest BCUT2D eigenvalue weighted by atomic mass is 32.2. The predicted octanol–water partition coefficient (Wildman–Crippen LogP) is 3.88. The largest absolute Gasteiger partial charge is 0.492 e. The van der Waals surface area contributed by atoms with E-state index in [9.17, 15) is 12.8 Å². The summed E-state index contributed by atoms with van der Waals surface area (Å²) in [5.41, 5.74) is 2.92. The highest BCUT2D eigenvalue weighted by Crippen LogP contribution is 2.43. The third-order valence-electron chi connectivity index (χ3n) is 6.89. The normalized spacial score (nSPS) is 22.0. The molecule has 1 saturated heterocycles. The fourth-order valence-electron chi connectivity index (χ4n) is 5.32. The molecule has 0 bridgehead atoms. The van der Waals surface area contributed by atoms with Gasteiger partial charge in [-0.2, -0.15) is 4.31 Å². The van der Waals surface area contributed by atoms with Gasteiger partial charge < -0.3 is 9.72 Å². The molecule has 6 nitrogen and oxygen atoms in total. The van der Waals surface area contributed by atoms with Crippen LogP contribution >= 0.6 is 0 Å². The Bertz CT molecular complexity index is 1300. The van der Waals surface area contributed by atoms with Gasteiger partial charge in [-0.3, -0.25) is 9.29 Å². The van der Waals surface area contributed by atoms with Gasteiger partial charge in [0.05, 0.1) is 19.0 Å². The van der Waals surface area contributed by atoms with E-state index in [0.29, 0.717) is 31.0 Å². The number of likely N-dealkylation sites (tertiary alicyclic amines) is 1. The van der Waals surface area contributed by atoms with Crippen LogP contribution in [0, 0.1) is 11.7 Å². The summed E-state index contributed by atoms with van der Waals surface area (Å²) in [5.74, 6) is -0.0197. The van der Waals surface area contributed by atoms with Crippen molar-refractivity contribution in [1.29, 1.82) is 0 Å². The summed E-state index contributed by atoms with van der Waals surface area (Å²) < 4.78 is 60.8. The molecule has 182 valence electrons. The molecule has 1 fully saturated rings. The summed E-state index contributed by atoms with van der Waals surface area (Å²) in [4.78, 5) is 5.46. The zero-order chi connectivity index (χ0) is 24.0. The van der Waals surface area contributed by atoms with Crippen molar-refractivity contribution in [2.45, 2.75) is 25.4 Å². The number of para-hydroxylation sites is 1. The first kappa shape index (κ1) is 23.3. The predicted molar refractivity (Wildman–Crippen MR) is 128 cm³/mol. The number of aromatic nitrogens is 1. The molecule has 3 heterocycles. The number of benzene rings is 2. The van der Waals surface area contributed by atoms with Crippen LogP contribution in [0.1, 0.15) is 29.8 Å². The van der Waals surface area contributed by atoms with E-state index >= 15 is 4.39 Å². The molecule has 0 amide bonds. The third-order valence-corrected chi connectivity index (χ3v) is 8.22. The Kier molecular flexibility index (Phi) is 6.12. The van der Waals surface area contributed by atoms with E-state index in [2.05, 4.69) is 9.88 Å². The minimum atomic E-state index is -3.62. The minimum Gasteiger partial charge on any atom is -0.492 e. The molecule has 0 spiro atoms. The van der Waals surface area contributed by atoms with Crippen molar-refractivity contribution < 1.29 is 21.9 Å². The van der Waals surface area contributed by atoms with Crippen LogP contribution in [0.15, 0.2) is 42.5 Å². The number of nitrogens with zero attached hydrogens (tertiary/aromatic N) is 2. The lowest BCUT2D eigenvalue weighted by Crippen LogP contribution is -2.49. The van der Waals surface area contributed by atoms with Crippen LogP contribution in [0.2, 0.25) is 0 Å². The Hall–Kier alpha value is -2.49. The summed E-state index contributed by atoms with van der Waals surface area (Å²) in [6.07, 6.45) is 1.72. The summed E-state index contributed by atoms with van der Waals surface area (Å²) in [6.45, 7) is 4.03. The summed E-state index contributed by atoms with van der Waals surface area (Å²) in [6, 6.07) is 11.3. The Morgan fingerprint density at radius 3 is 2.65 bits per heavy atom. The van der Waals surface area contributed by atoms with E-state index in [0.717, 1.165) is 29.6 Å². The second-order valence-corrected chi connectivity index (χ2v) is 11.3. The first-order chi connectivity index (χ1) is 16.3. The van der Waals surface area contributed by atoms with Gasteiger partial charge in [-0.25, -0.2) is 12.8 Å². The molecular weight excluding hydrogens is 460 g/mol. The van der Waals surface area contributed by atoms with Gasteiger partial charge in [0.25, 0.3) is 0 Å². The van der Waals surface area contributed by atoms with Crippen molar-refractivity contribution in [3.05, 3.63) is 65.1 Å². The van der Waals surface area contributed by atoms with Crippen LogP contribution in [0.5, 0.6) is 5.75 Å². The number of hydrogen-bond donors (Lipinski definition) is 1. The van der Waals surface area contributed by atoms with Crippen molar-refractivity contribution in [2.75, 3.05) is 39.2 Å². The minimum absolute atomic E-state index is 0.113. The van der Waals surface area contributed by atoms with Crippen molar-refractivity contribution in [3.8, 4) is 5.75 Å². The number of H-pyrrole nitrogens is 1. The molecule has 3 aromatic rings. The number of hydrogen-bond acceptors (Lipinski definition) is 4. The fourth-order valence-corrected chi connectivity index (χ4v) is 6.65. The lowest BCUT2D eigenvalue weighted by molar-refractivity contribution is 0.0668. The quantitative estimate of drug-likeness (QED) is 0.547. The average Bonchev–Trinajstić information content (AvgIpc) is 3.12. The molecule has 1 N–H and O–H groups in total. The van der Waals surface area contributed by atoms with Crippen molar-refractivity contribution in [1.82, 2.24) is 14.2 Å². The molecule has 1 aromatic heterocycles. The Labute approximate surface area is 198 Å². The molecule has 5 rings (SSSR count). The number of ether oxygens (including phenoxy) is 1. The topological polar surface area (TPSA) is 65.6 Å². The van der Waals surface area contributed by atoms with Gasteiger partial charge >= 0.3 is 0 Å². The lowest BCUT2D eigenvalue weighted by atomic mass is 9.90. The van der Waals surface area contributed by atoms with Crippen LogP contribution in [0.3, 0.4) is 0 Å². The van der Waals surface area contributed by atoms with E-state index in [1.165, 1.54) is 16.6 Å². The summed E-state index contributed by atoms with van der Waals surface area (Å²) in [5, 5.41) is 1.03. The second kappa shape index (κ2) is 8.94. The third kappa shape index (κ3) is 4.21. The molecule has 2 aliphatic rings. The van der Waals surface area contributed by atoms with Crippen LogP contribution in [-0.2, 0) is 16.4 Å². The molecule has 9 heteroatoms. The van der Waals surface area contributed by atoms with Crippen LogP contribution < -0.4 is 4.74 Å². The molecule has 2 aliphatic heterocycles. The van der Waals surface area contributed by atoms with E-state index < -0.39 is 21.9 Å². The number of alkyl halides is 1. The van der Waals surface area contributed by atoms with Gasteiger partial charge in [0.15, 0.2) is 0 Å². The van der Waals surface area contributed by atoms with Gasteiger partial charge in [0.1, 0.15) is 18.2 Å². The average molecular weight is 490 g/mol. The van der Waals surface area contributed by atoms with Crippen LogP contribution in [0.25, 0.3) is 10.9 Å². The monoisotopic (exact) mass is 489 g/mol. The number of aromatic amines is 1. The van der Waals surface area contributed by atoms with Gasteiger partial charge in [0.2, 0.25) is 10.0 Å². The standard InChI is InChI=1S/C25H29F2N3O3S/c1-16-11-21-19-5-3-4-6-23(19)28-24(21)25(30(16)34(2,31)32)20-8-7-18(12-22(20)27)33-10-9-29-14-17(13-26)15-29/h3-8,12,16-17,25,28H,9-11,13-15H2,1-2H3/t16-,25+/m1/s1. The van der Waals surface area contributed by atoms with E-state index in [4.69, 9.17) is 4.74 Å². The first-order valence-corrected chi connectivity index (χ1v) is 13.4. The molecule has 0 unspecified atom stereocenters. The zero-order valence-electron chi connectivity index (χ0n) is 19.3. The highest BCUT2D eigenvalue weighted by molar-refractivity contribution is 7.88. The number of sulfonamides is 1. The molecule has 34 heavy (non-hydrogen) atoms. The maximum atomic E-state index is 15.5. The fraction of sp³-hybridized carbons (Fsp3) is 0.440. The van der Waals surface area contributed by atoms with Crippen molar-refractivity contribution in [3.63, 3.8) is 0 Å². The Morgan fingerprint density at radius 1 is 1.18 bits per heavy atom. The van der Waals surface area contributed by atoms with Gasteiger partial charge in [-0.1, -0.05) is 24.3 Å². The van der Waals surface area contributed by atoms with Gasteiger partial charge in [-0.05, 0) is 31.0 Å². The number of fused-ring (bicyclic) bond motifs is 3. The van der Waals surface area contributed by atoms with E-state index in [1.54, 1.807) is 12.1 Å². The second-order valence-electron chi connectivity index (χ2n) is 9.42. The first-order valence-electron chi connectivity index (χ1n) is 11.5. The SMILES string of the molecule is C[C@@H]1Cc2c([nH]c3ccccc23)[C@H](c2ccc(OCCN3CC(CF)C3)cc2F)N1S(C)(=O)=O. The maximum Gasteiger partial charge on any atom is 0.212 e. The molecule has 0 aliphatic carbocycles. The summed E-state index contributed by atoms with van der Waals surface area (Å²) in [7, 11) is -3.62. The van der Waals surface area contributed by atoms with Crippen LogP contribution in [0.4, 0.5) is 8.78 Å². The van der Waals surface area contributed by atoms with E-state index in [-0.39, 0.29) is 24.2 Å². The summed E-state index contributed by atoms with van der Waals surface area (Å²) >= 11 is 0. The highest BCUT2D eigenvalue weighted by Gasteiger charge is 2.41. The Morgan fingerprint density at radius 2 is 1.94 bits per heavy atom. The Balaban J connectivity index is 1.44. The van der Waals surface area contributed by atoms with Crippen LogP contribution in [-0.4, -0.2) is 67.8 Å². The van der Waals surface area contributed by atoms with Crippen molar-refractivity contribution >= 4 is 20.9 Å². The van der Waals surface area contributed by atoms with E-state index in [1.807, 2.05) is 31.2 Å². The van der Waals surface area contributed by atoms with Gasteiger partial charge in [0, 0.05) is 59.8 Å². The molecule has 0 saturated carbocycles. The lowest BCUT2D eigenvalue weighted by Gasteiger charge is -2.39. The maximum absolute atomic E-state index is 15.5. The zero-order valence-corrected chi connectivity index (χ0v) is 20.1. The molecule has 2 aromatic carbocycles. The molecule has 2 atom stereocenters. The number of nitrogens with one attached hydrogen (secondary N) is 1. The molecule has 0 radical (unpaired) electrons. The number of rotatable bonds is 7. The van der Waals surface area contributed by atoms with Gasteiger partial charge in [-0.15, -0.1) is 0 Å². The number of halogens is 2. The molecular formula is C25H29F2N3O3S. The smallest absolute Gasteiger partial charge is 0.212 e. The van der Waals surface area contributed by atoms with Crippen molar-refractivity contribution in [2.24, 2.45) is 5.92 Å².